The monoisotopic (exact) mass is 322 g/mol. The zero-order valence-corrected chi connectivity index (χ0v) is 13.8. The lowest BCUT2D eigenvalue weighted by molar-refractivity contribution is -0.137. The van der Waals surface area contributed by atoms with E-state index in [1.54, 1.807) is 18.2 Å². The van der Waals surface area contributed by atoms with Gasteiger partial charge in [0.25, 0.3) is 0 Å². The van der Waals surface area contributed by atoms with Crippen LogP contribution in [-0.4, -0.2) is 36.1 Å². The fourth-order valence-electron chi connectivity index (χ4n) is 2.23. The summed E-state index contributed by atoms with van der Waals surface area (Å²) in [6.07, 6.45) is 2.53. The number of aliphatic carboxylic acids is 1. The predicted molar refractivity (Wildman–Crippen MR) is 89.9 cm³/mol. The van der Waals surface area contributed by atoms with Gasteiger partial charge in [0.1, 0.15) is 5.75 Å². The summed E-state index contributed by atoms with van der Waals surface area (Å²) in [5.74, 6) is -0.206. The molecule has 4 N–H and O–H groups in total. The summed E-state index contributed by atoms with van der Waals surface area (Å²) in [7, 11) is 0. The second-order valence-corrected chi connectivity index (χ2v) is 5.43. The van der Waals surface area contributed by atoms with Crippen LogP contribution in [0.4, 0.5) is 5.69 Å². The highest BCUT2D eigenvalue weighted by atomic mass is 16.5. The van der Waals surface area contributed by atoms with Gasteiger partial charge < -0.3 is 20.9 Å². The van der Waals surface area contributed by atoms with Gasteiger partial charge in [0, 0.05) is 12.0 Å². The number of ketones is 1. The maximum absolute atomic E-state index is 12.3. The van der Waals surface area contributed by atoms with Gasteiger partial charge in [-0.2, -0.15) is 0 Å². The molecule has 0 fully saturated rings. The van der Waals surface area contributed by atoms with E-state index in [-0.39, 0.29) is 18.2 Å². The van der Waals surface area contributed by atoms with Crippen LogP contribution in [0.2, 0.25) is 0 Å². The van der Waals surface area contributed by atoms with Crippen molar-refractivity contribution < 1.29 is 19.4 Å². The van der Waals surface area contributed by atoms with E-state index in [9.17, 15) is 9.59 Å². The van der Waals surface area contributed by atoms with Crippen molar-refractivity contribution in [1.82, 2.24) is 5.32 Å². The standard InChI is InChI=1S/C17H26N2O4/c1-3-23-15-9-8-13(11-14(15)18)17(22)12(2)19-10-6-4-5-7-16(20)21/h8-9,11-12,19H,3-7,10,18H2,1-2H3,(H,20,21). The van der Waals surface area contributed by atoms with Gasteiger partial charge >= 0.3 is 5.97 Å². The first-order valence-electron chi connectivity index (χ1n) is 7.97. The number of Topliss-reactive ketones (excluding diaryl/α,β-unsaturated/α-hetero) is 1. The number of carboxylic acid groups (broad SMARTS) is 1. The molecule has 0 saturated carbocycles. The van der Waals surface area contributed by atoms with Crippen LogP contribution < -0.4 is 15.8 Å². The Morgan fingerprint density at radius 3 is 2.65 bits per heavy atom. The SMILES string of the molecule is CCOc1ccc(C(=O)C(C)NCCCCCC(=O)O)cc1N. The third kappa shape index (κ3) is 6.69. The molecule has 128 valence electrons. The first-order chi connectivity index (χ1) is 11.0. The lowest BCUT2D eigenvalue weighted by atomic mass is 10.0. The molecule has 0 radical (unpaired) electrons. The van der Waals surface area contributed by atoms with E-state index in [4.69, 9.17) is 15.6 Å². The third-order valence-corrected chi connectivity index (χ3v) is 3.51. The predicted octanol–water partition coefficient (Wildman–Crippen LogP) is 2.47. The normalized spacial score (nSPS) is 11.9. The van der Waals surface area contributed by atoms with Crippen LogP contribution in [0.15, 0.2) is 18.2 Å². The number of carbonyl (C=O) groups excluding carboxylic acids is 1. The van der Waals surface area contributed by atoms with Gasteiger partial charge in [-0.25, -0.2) is 0 Å². The van der Waals surface area contributed by atoms with Crippen molar-refractivity contribution in [2.24, 2.45) is 0 Å². The molecule has 1 aromatic carbocycles. The molecule has 6 heteroatoms. The zero-order valence-electron chi connectivity index (χ0n) is 13.8. The molecule has 0 aliphatic carbocycles. The molecule has 1 atom stereocenters. The number of anilines is 1. The lowest BCUT2D eigenvalue weighted by Crippen LogP contribution is -2.34. The Morgan fingerprint density at radius 2 is 2.04 bits per heavy atom. The fourth-order valence-corrected chi connectivity index (χ4v) is 2.23. The summed E-state index contributed by atoms with van der Waals surface area (Å²) in [6.45, 7) is 4.89. The smallest absolute Gasteiger partial charge is 0.303 e. The molecule has 0 aromatic heterocycles. The van der Waals surface area contributed by atoms with Crippen LogP contribution in [0.25, 0.3) is 0 Å². The minimum atomic E-state index is -0.769. The average molecular weight is 322 g/mol. The molecule has 0 bridgehead atoms. The molecule has 0 saturated heterocycles. The van der Waals surface area contributed by atoms with Crippen molar-refractivity contribution in [3.05, 3.63) is 23.8 Å². The quantitative estimate of drug-likeness (QED) is 0.329. The number of hydrogen-bond donors (Lipinski definition) is 3. The van der Waals surface area contributed by atoms with E-state index in [0.29, 0.717) is 36.6 Å². The van der Waals surface area contributed by atoms with Crippen molar-refractivity contribution in [3.8, 4) is 5.75 Å². The molecule has 0 aliphatic rings. The van der Waals surface area contributed by atoms with Crippen LogP contribution in [0, 0.1) is 0 Å². The van der Waals surface area contributed by atoms with Crippen LogP contribution in [-0.2, 0) is 4.79 Å². The molecule has 1 unspecified atom stereocenters. The van der Waals surface area contributed by atoms with Crippen molar-refractivity contribution in [2.75, 3.05) is 18.9 Å². The van der Waals surface area contributed by atoms with Gasteiger partial charge in [-0.05, 0) is 51.4 Å². The molecule has 0 heterocycles. The highest BCUT2D eigenvalue weighted by Crippen LogP contribution is 2.23. The van der Waals surface area contributed by atoms with Crippen molar-refractivity contribution in [2.45, 2.75) is 45.6 Å². The Labute approximate surface area is 137 Å². The largest absolute Gasteiger partial charge is 0.492 e. The van der Waals surface area contributed by atoms with E-state index < -0.39 is 5.97 Å². The van der Waals surface area contributed by atoms with Gasteiger partial charge in [0.05, 0.1) is 18.3 Å². The van der Waals surface area contributed by atoms with Gasteiger partial charge in [-0.1, -0.05) is 6.42 Å². The number of nitrogen functional groups attached to an aromatic ring is 1. The van der Waals surface area contributed by atoms with Gasteiger partial charge in [0.2, 0.25) is 0 Å². The second kappa shape index (κ2) is 9.84. The molecule has 6 nitrogen and oxygen atoms in total. The zero-order chi connectivity index (χ0) is 17.2. The Hall–Kier alpha value is -2.08. The molecule has 23 heavy (non-hydrogen) atoms. The number of hydrogen-bond acceptors (Lipinski definition) is 5. The average Bonchev–Trinajstić information content (AvgIpc) is 2.51. The second-order valence-electron chi connectivity index (χ2n) is 5.43. The number of nitrogens with one attached hydrogen (secondary N) is 1. The van der Waals surface area contributed by atoms with Crippen LogP contribution in [0.3, 0.4) is 0 Å². The molecule has 0 spiro atoms. The summed E-state index contributed by atoms with van der Waals surface area (Å²) < 4.78 is 5.36. The first kappa shape index (κ1) is 19.0. The number of nitrogens with two attached hydrogens (primary N) is 1. The number of ether oxygens (including phenoxy) is 1. The Balaban J connectivity index is 2.41. The van der Waals surface area contributed by atoms with Gasteiger partial charge in [0.15, 0.2) is 5.78 Å². The maximum atomic E-state index is 12.3. The van der Waals surface area contributed by atoms with Crippen molar-refractivity contribution in [1.29, 1.82) is 0 Å². The van der Waals surface area contributed by atoms with E-state index in [1.165, 1.54) is 0 Å². The summed E-state index contributed by atoms with van der Waals surface area (Å²) in [5.41, 5.74) is 6.89. The first-order valence-corrected chi connectivity index (χ1v) is 7.97. The number of unbranched alkanes of at least 4 members (excludes halogenated alkanes) is 2. The van der Waals surface area contributed by atoms with Crippen LogP contribution in [0.1, 0.15) is 49.9 Å². The van der Waals surface area contributed by atoms with E-state index in [0.717, 1.165) is 12.8 Å². The highest BCUT2D eigenvalue weighted by Gasteiger charge is 2.15. The Bertz CT molecular complexity index is 531. The fraction of sp³-hybridized carbons (Fsp3) is 0.529. The Kier molecular flexibility index (Phi) is 8.11. The van der Waals surface area contributed by atoms with Crippen molar-refractivity contribution >= 4 is 17.4 Å². The number of rotatable bonds is 11. The minimum Gasteiger partial charge on any atom is -0.492 e. The number of carbonyl (C=O) groups is 2. The molecule has 1 rings (SSSR count). The molecule has 0 aliphatic heterocycles. The molecule has 1 aromatic rings. The molecular formula is C17H26N2O4. The summed E-state index contributed by atoms with van der Waals surface area (Å²) in [6, 6.07) is 4.75. The number of benzene rings is 1. The highest BCUT2D eigenvalue weighted by molar-refractivity contribution is 6.00. The van der Waals surface area contributed by atoms with Gasteiger partial charge in [-0.15, -0.1) is 0 Å². The van der Waals surface area contributed by atoms with E-state index in [1.807, 2.05) is 13.8 Å². The topological polar surface area (TPSA) is 102 Å². The van der Waals surface area contributed by atoms with Crippen LogP contribution >= 0.6 is 0 Å². The van der Waals surface area contributed by atoms with Crippen molar-refractivity contribution in [3.63, 3.8) is 0 Å². The van der Waals surface area contributed by atoms with Crippen LogP contribution in [0.5, 0.6) is 5.75 Å². The maximum Gasteiger partial charge on any atom is 0.303 e. The molecular weight excluding hydrogens is 296 g/mol. The summed E-state index contributed by atoms with van der Waals surface area (Å²) in [4.78, 5) is 22.7. The van der Waals surface area contributed by atoms with Gasteiger partial charge in [-0.3, -0.25) is 9.59 Å². The summed E-state index contributed by atoms with van der Waals surface area (Å²) >= 11 is 0. The van der Waals surface area contributed by atoms with E-state index in [2.05, 4.69) is 5.32 Å². The minimum absolute atomic E-state index is 0.0229. The lowest BCUT2D eigenvalue weighted by Gasteiger charge is -2.14. The Morgan fingerprint density at radius 1 is 1.30 bits per heavy atom. The summed E-state index contributed by atoms with van der Waals surface area (Å²) in [5, 5.41) is 11.7. The third-order valence-electron chi connectivity index (χ3n) is 3.51. The number of carboxylic acids is 1. The van der Waals surface area contributed by atoms with E-state index >= 15 is 0 Å². The molecule has 0 amide bonds.